The molecular formula is C23H30O4. The lowest BCUT2D eigenvalue weighted by Crippen LogP contribution is -2.19. The number of rotatable bonds is 10. The lowest BCUT2D eigenvalue weighted by atomic mass is 9.77. The highest BCUT2D eigenvalue weighted by Crippen LogP contribution is 2.33. The van der Waals surface area contributed by atoms with Crippen LogP contribution in [0.15, 0.2) is 59.9 Å². The first-order chi connectivity index (χ1) is 13.0. The van der Waals surface area contributed by atoms with Crippen LogP contribution in [-0.2, 0) is 19.6 Å². The average Bonchev–Trinajstić information content (AvgIpc) is 3.57. The third kappa shape index (κ3) is 5.72. The summed E-state index contributed by atoms with van der Waals surface area (Å²) in [7, 11) is 0. The summed E-state index contributed by atoms with van der Waals surface area (Å²) in [4.78, 5) is 0. The van der Waals surface area contributed by atoms with E-state index in [0.29, 0.717) is 13.2 Å². The summed E-state index contributed by atoms with van der Waals surface area (Å²) >= 11 is 0. The first-order valence-electron chi connectivity index (χ1n) is 9.63. The molecule has 0 amide bonds. The van der Waals surface area contributed by atoms with Gasteiger partial charge >= 0.3 is 0 Å². The van der Waals surface area contributed by atoms with E-state index in [2.05, 4.69) is 45.1 Å². The first kappa shape index (κ1) is 19.7. The molecule has 4 heteroatoms. The Hall–Kier alpha value is -2.04. The molecule has 2 fully saturated rings. The van der Waals surface area contributed by atoms with Gasteiger partial charge in [-0.15, -0.1) is 0 Å². The van der Waals surface area contributed by atoms with Crippen LogP contribution in [0.5, 0.6) is 5.75 Å². The molecule has 0 aliphatic carbocycles. The van der Waals surface area contributed by atoms with Gasteiger partial charge in [-0.2, -0.15) is 0 Å². The second-order valence-corrected chi connectivity index (χ2v) is 7.45. The minimum Gasteiger partial charge on any atom is -0.491 e. The summed E-state index contributed by atoms with van der Waals surface area (Å²) in [5, 5.41) is 0. The molecule has 2 heterocycles. The molecule has 0 radical (unpaired) electrons. The molecule has 2 saturated heterocycles. The molecule has 0 spiro atoms. The number of benzene rings is 1. The van der Waals surface area contributed by atoms with Crippen LogP contribution in [0.3, 0.4) is 0 Å². The summed E-state index contributed by atoms with van der Waals surface area (Å²) in [6.07, 6.45) is 8.84. The maximum atomic E-state index is 5.79. The number of hydrogen-bond acceptors (Lipinski definition) is 4. The van der Waals surface area contributed by atoms with Crippen molar-refractivity contribution in [2.75, 3.05) is 26.4 Å². The Kier molecular flexibility index (Phi) is 6.40. The van der Waals surface area contributed by atoms with Crippen molar-refractivity contribution >= 4 is 0 Å². The second kappa shape index (κ2) is 8.77. The van der Waals surface area contributed by atoms with Gasteiger partial charge in [0.1, 0.15) is 36.9 Å². The van der Waals surface area contributed by atoms with Gasteiger partial charge in [0.25, 0.3) is 0 Å². The van der Waals surface area contributed by atoms with Crippen molar-refractivity contribution in [3.63, 3.8) is 0 Å². The maximum absolute atomic E-state index is 5.79. The highest BCUT2D eigenvalue weighted by Gasteiger charge is 2.25. The van der Waals surface area contributed by atoms with Crippen LogP contribution in [0.25, 0.3) is 0 Å². The molecule has 27 heavy (non-hydrogen) atoms. The molecule has 0 bridgehead atoms. The largest absolute Gasteiger partial charge is 0.491 e. The van der Waals surface area contributed by atoms with E-state index < -0.39 is 0 Å². The molecule has 0 saturated carbocycles. The zero-order valence-electron chi connectivity index (χ0n) is 16.7. The predicted molar refractivity (Wildman–Crippen MR) is 107 cm³/mol. The minimum absolute atomic E-state index is 0.123. The molecule has 0 N–H and O–H groups in total. The molecule has 2 aliphatic rings. The summed E-state index contributed by atoms with van der Waals surface area (Å²) in [5.41, 5.74) is 2.35. The van der Waals surface area contributed by atoms with Crippen molar-refractivity contribution in [2.24, 2.45) is 0 Å². The number of epoxide rings is 2. The van der Waals surface area contributed by atoms with Gasteiger partial charge in [0, 0.05) is 5.41 Å². The topological polar surface area (TPSA) is 43.5 Å². The van der Waals surface area contributed by atoms with E-state index in [0.717, 1.165) is 24.7 Å². The van der Waals surface area contributed by atoms with E-state index in [1.54, 1.807) is 0 Å². The summed E-state index contributed by atoms with van der Waals surface area (Å²) in [5.74, 6) is 1.75. The molecule has 3 rings (SSSR count). The monoisotopic (exact) mass is 370 g/mol. The van der Waals surface area contributed by atoms with Gasteiger partial charge in [-0.05, 0) is 49.3 Å². The van der Waals surface area contributed by atoms with Crippen LogP contribution in [0.2, 0.25) is 0 Å². The lowest BCUT2D eigenvalue weighted by molar-refractivity contribution is 0.192. The van der Waals surface area contributed by atoms with Crippen LogP contribution in [-0.4, -0.2) is 38.6 Å². The van der Waals surface area contributed by atoms with Crippen LogP contribution in [0.1, 0.15) is 33.3 Å². The maximum Gasteiger partial charge on any atom is 0.119 e. The second-order valence-electron chi connectivity index (χ2n) is 7.45. The lowest BCUT2D eigenvalue weighted by Gasteiger charge is -2.27. The Morgan fingerprint density at radius 1 is 1.00 bits per heavy atom. The van der Waals surface area contributed by atoms with Crippen molar-refractivity contribution in [2.45, 2.75) is 45.3 Å². The van der Waals surface area contributed by atoms with Crippen LogP contribution in [0.4, 0.5) is 0 Å². The zero-order valence-corrected chi connectivity index (χ0v) is 16.7. The Labute approximate surface area is 162 Å². The molecule has 146 valence electrons. The summed E-state index contributed by atoms with van der Waals surface area (Å²) in [6.45, 7) is 11.4. The fourth-order valence-corrected chi connectivity index (χ4v) is 2.91. The van der Waals surface area contributed by atoms with Crippen LogP contribution < -0.4 is 4.74 Å². The van der Waals surface area contributed by atoms with Gasteiger partial charge in [-0.25, -0.2) is 0 Å². The van der Waals surface area contributed by atoms with E-state index in [4.69, 9.17) is 18.9 Å². The van der Waals surface area contributed by atoms with Gasteiger partial charge in [-0.1, -0.05) is 38.1 Å². The van der Waals surface area contributed by atoms with Crippen molar-refractivity contribution < 1.29 is 18.9 Å². The summed E-state index contributed by atoms with van der Waals surface area (Å²) in [6, 6.07) is 8.34. The van der Waals surface area contributed by atoms with E-state index >= 15 is 0 Å². The van der Waals surface area contributed by atoms with Gasteiger partial charge in [-0.3, -0.25) is 0 Å². The van der Waals surface area contributed by atoms with E-state index in [-0.39, 0.29) is 17.6 Å². The van der Waals surface area contributed by atoms with Crippen molar-refractivity contribution in [3.05, 3.63) is 65.5 Å². The standard InChI is InChI=1S/C23H30O4/c1-5-17(7-10-19(6-2)24-13-21-15-26-21)23(3,4)18-8-11-20(12-9-18)25-14-22-16-27-22/h5-12,21-22H,13-16H2,1-4H3/b10-7-,17-5+,19-6+. The van der Waals surface area contributed by atoms with E-state index in [9.17, 15) is 0 Å². The Morgan fingerprint density at radius 2 is 1.63 bits per heavy atom. The van der Waals surface area contributed by atoms with Gasteiger partial charge in [0.15, 0.2) is 0 Å². The Balaban J connectivity index is 1.63. The molecule has 1 aromatic rings. The Morgan fingerprint density at radius 3 is 2.19 bits per heavy atom. The fourth-order valence-electron chi connectivity index (χ4n) is 2.91. The minimum atomic E-state index is -0.123. The molecule has 2 unspecified atom stereocenters. The van der Waals surface area contributed by atoms with E-state index in [1.165, 1.54) is 11.1 Å². The Bertz CT molecular complexity index is 704. The first-order valence-corrected chi connectivity index (χ1v) is 9.63. The molecular weight excluding hydrogens is 340 g/mol. The molecule has 1 aromatic carbocycles. The average molecular weight is 370 g/mol. The molecule has 2 atom stereocenters. The van der Waals surface area contributed by atoms with Crippen molar-refractivity contribution in [3.8, 4) is 5.75 Å². The third-order valence-electron chi connectivity index (χ3n) is 5.00. The van der Waals surface area contributed by atoms with Gasteiger partial charge in [0.2, 0.25) is 0 Å². The van der Waals surface area contributed by atoms with Crippen LogP contribution >= 0.6 is 0 Å². The molecule has 2 aliphatic heterocycles. The fraction of sp³-hybridized carbons (Fsp3) is 0.478. The molecule has 4 nitrogen and oxygen atoms in total. The van der Waals surface area contributed by atoms with E-state index in [1.807, 2.05) is 31.2 Å². The highest BCUT2D eigenvalue weighted by molar-refractivity contribution is 5.43. The van der Waals surface area contributed by atoms with Crippen molar-refractivity contribution in [1.82, 2.24) is 0 Å². The predicted octanol–water partition coefficient (Wildman–Crippen LogP) is 4.56. The quantitative estimate of drug-likeness (QED) is 0.344. The molecule has 0 aromatic heterocycles. The smallest absolute Gasteiger partial charge is 0.119 e. The summed E-state index contributed by atoms with van der Waals surface area (Å²) < 4.78 is 21.9. The third-order valence-corrected chi connectivity index (χ3v) is 5.00. The highest BCUT2D eigenvalue weighted by atomic mass is 16.6. The zero-order chi connectivity index (χ0) is 19.3. The number of hydrogen-bond donors (Lipinski definition) is 0. The van der Waals surface area contributed by atoms with Gasteiger partial charge in [0.05, 0.1) is 13.2 Å². The normalized spacial score (nSPS) is 22.8. The van der Waals surface area contributed by atoms with Gasteiger partial charge < -0.3 is 18.9 Å². The SMILES string of the molecule is C\C=C(/C=C\C(=C/C)C(C)(C)c1ccc(OCC2CO2)cc1)OCC1CO1. The number of ether oxygens (including phenoxy) is 4. The van der Waals surface area contributed by atoms with Crippen LogP contribution in [0, 0.1) is 0 Å². The number of allylic oxidation sites excluding steroid dienone is 5. The van der Waals surface area contributed by atoms with Crippen molar-refractivity contribution in [1.29, 1.82) is 0 Å².